The Balaban J connectivity index is 1.51. The maximum Gasteiger partial charge on any atom is 0.319 e. The molecule has 9 heteroatoms. The number of carbonyl (C=O) groups is 1. The van der Waals surface area contributed by atoms with Crippen LogP contribution in [0.2, 0.25) is 0 Å². The molecule has 1 fully saturated rings. The molecule has 3 N–H and O–H groups in total. The Kier molecular flexibility index (Phi) is 4.52. The molecule has 1 aromatic heterocycles. The van der Waals surface area contributed by atoms with Crippen molar-refractivity contribution in [1.29, 1.82) is 0 Å². The van der Waals surface area contributed by atoms with Crippen LogP contribution in [0.5, 0.6) is 0 Å². The Morgan fingerprint density at radius 2 is 2.08 bits per heavy atom. The maximum atomic E-state index is 11.9. The molecule has 1 atom stereocenters. The number of hydrogen-bond donors (Lipinski definition) is 3. The molecule has 0 unspecified atom stereocenters. The fourth-order valence-corrected chi connectivity index (χ4v) is 4.48. The van der Waals surface area contributed by atoms with Crippen molar-refractivity contribution in [2.45, 2.75) is 13.3 Å². The number of H-pyrrole nitrogens is 1. The number of anilines is 1. The molecule has 2 amide bonds. The van der Waals surface area contributed by atoms with E-state index >= 15 is 0 Å². The molecule has 0 saturated carbocycles. The van der Waals surface area contributed by atoms with E-state index in [-0.39, 0.29) is 23.5 Å². The van der Waals surface area contributed by atoms with Crippen molar-refractivity contribution in [3.63, 3.8) is 0 Å². The normalized spacial score (nSPS) is 19.1. The number of nitrogens with zero attached hydrogens (tertiary/aromatic N) is 2. The predicted molar refractivity (Wildman–Crippen MR) is 90.3 cm³/mol. The van der Waals surface area contributed by atoms with E-state index in [2.05, 4.69) is 25.8 Å². The van der Waals surface area contributed by atoms with E-state index in [4.69, 9.17) is 0 Å². The molecule has 0 radical (unpaired) electrons. The second-order valence-corrected chi connectivity index (χ2v) is 8.15. The standard InChI is InChI=1S/C15H19N5O3S/c1-10-17-14(20-19-10)12-2-4-13(5-3-12)18-15(21)16-8-11-6-7-24(22,23)9-11/h2-5,11H,6-9H2,1H3,(H2,16,18,21)(H,17,19,20)/t11-/m1/s1. The second-order valence-electron chi connectivity index (χ2n) is 5.93. The van der Waals surface area contributed by atoms with Gasteiger partial charge in [0.15, 0.2) is 15.7 Å². The number of benzene rings is 1. The summed E-state index contributed by atoms with van der Waals surface area (Å²) in [6.07, 6.45) is 0.605. The van der Waals surface area contributed by atoms with E-state index in [1.54, 1.807) is 12.1 Å². The highest BCUT2D eigenvalue weighted by Crippen LogP contribution is 2.19. The zero-order chi connectivity index (χ0) is 17.2. The SMILES string of the molecule is Cc1nc(-c2ccc(NC(=O)NC[C@H]3CCS(=O)(=O)C3)cc2)n[nH]1. The van der Waals surface area contributed by atoms with Gasteiger partial charge in [-0.25, -0.2) is 18.2 Å². The van der Waals surface area contributed by atoms with Crippen LogP contribution in [-0.4, -0.2) is 47.7 Å². The van der Waals surface area contributed by atoms with Crippen molar-refractivity contribution in [2.75, 3.05) is 23.4 Å². The molecule has 128 valence electrons. The Bertz CT molecular complexity index is 829. The number of aromatic nitrogens is 3. The highest BCUT2D eigenvalue weighted by Gasteiger charge is 2.27. The van der Waals surface area contributed by atoms with Crippen LogP contribution < -0.4 is 10.6 Å². The summed E-state index contributed by atoms with van der Waals surface area (Å²) < 4.78 is 22.8. The largest absolute Gasteiger partial charge is 0.338 e. The lowest BCUT2D eigenvalue weighted by Crippen LogP contribution is -2.33. The summed E-state index contributed by atoms with van der Waals surface area (Å²) in [5.41, 5.74) is 1.49. The first-order valence-corrected chi connectivity index (χ1v) is 9.48. The van der Waals surface area contributed by atoms with E-state index in [0.717, 1.165) is 11.4 Å². The minimum absolute atomic E-state index is 0.00268. The number of rotatable bonds is 4. The number of nitrogens with one attached hydrogen (secondary N) is 3. The highest BCUT2D eigenvalue weighted by molar-refractivity contribution is 7.91. The molecule has 2 aromatic rings. The number of hydrogen-bond acceptors (Lipinski definition) is 5. The van der Waals surface area contributed by atoms with Crippen LogP contribution >= 0.6 is 0 Å². The van der Waals surface area contributed by atoms with Gasteiger partial charge >= 0.3 is 6.03 Å². The minimum Gasteiger partial charge on any atom is -0.338 e. The summed E-state index contributed by atoms with van der Waals surface area (Å²) >= 11 is 0. The first kappa shape index (κ1) is 16.4. The summed E-state index contributed by atoms with van der Waals surface area (Å²) in [4.78, 5) is 16.1. The van der Waals surface area contributed by atoms with Gasteiger partial charge in [0.05, 0.1) is 11.5 Å². The summed E-state index contributed by atoms with van der Waals surface area (Å²) in [6.45, 7) is 2.19. The monoisotopic (exact) mass is 349 g/mol. The maximum absolute atomic E-state index is 11.9. The lowest BCUT2D eigenvalue weighted by atomic mass is 10.1. The van der Waals surface area contributed by atoms with Gasteiger partial charge in [-0.1, -0.05) is 0 Å². The van der Waals surface area contributed by atoms with Crippen molar-refractivity contribution in [2.24, 2.45) is 5.92 Å². The van der Waals surface area contributed by atoms with Crippen LogP contribution in [0, 0.1) is 12.8 Å². The van der Waals surface area contributed by atoms with Gasteiger partial charge in [0.25, 0.3) is 0 Å². The number of urea groups is 1. The van der Waals surface area contributed by atoms with E-state index in [1.165, 1.54) is 0 Å². The average Bonchev–Trinajstić information content (AvgIpc) is 3.11. The zero-order valence-corrected chi connectivity index (χ0v) is 14.1. The van der Waals surface area contributed by atoms with Gasteiger partial charge < -0.3 is 10.6 Å². The lowest BCUT2D eigenvalue weighted by molar-refractivity contribution is 0.250. The van der Waals surface area contributed by atoms with E-state index in [9.17, 15) is 13.2 Å². The van der Waals surface area contributed by atoms with Gasteiger partial charge in [0.1, 0.15) is 5.82 Å². The van der Waals surface area contributed by atoms with Gasteiger partial charge in [0, 0.05) is 17.8 Å². The minimum atomic E-state index is -2.92. The first-order valence-electron chi connectivity index (χ1n) is 7.66. The average molecular weight is 349 g/mol. The molecule has 24 heavy (non-hydrogen) atoms. The van der Waals surface area contributed by atoms with Crippen LogP contribution in [0.1, 0.15) is 12.2 Å². The molecule has 0 bridgehead atoms. The summed E-state index contributed by atoms with van der Waals surface area (Å²) in [6, 6.07) is 6.82. The third-order valence-corrected chi connectivity index (χ3v) is 5.71. The van der Waals surface area contributed by atoms with Crippen LogP contribution in [0.3, 0.4) is 0 Å². The van der Waals surface area contributed by atoms with Crippen LogP contribution in [0.4, 0.5) is 10.5 Å². The van der Waals surface area contributed by atoms with Crippen LogP contribution in [0.15, 0.2) is 24.3 Å². The Morgan fingerprint density at radius 1 is 1.33 bits per heavy atom. The fraction of sp³-hybridized carbons (Fsp3) is 0.400. The highest BCUT2D eigenvalue weighted by atomic mass is 32.2. The van der Waals surface area contributed by atoms with Gasteiger partial charge in [-0.15, -0.1) is 0 Å². The van der Waals surface area contributed by atoms with Gasteiger partial charge in [-0.2, -0.15) is 5.10 Å². The molecule has 8 nitrogen and oxygen atoms in total. The van der Waals surface area contributed by atoms with E-state index in [0.29, 0.717) is 24.5 Å². The predicted octanol–water partition coefficient (Wildman–Crippen LogP) is 1.34. The van der Waals surface area contributed by atoms with Crippen molar-refractivity contribution in [3.8, 4) is 11.4 Å². The van der Waals surface area contributed by atoms with Crippen molar-refractivity contribution in [3.05, 3.63) is 30.1 Å². The molecule has 3 rings (SSSR count). The molecule has 2 heterocycles. The quantitative estimate of drug-likeness (QED) is 0.770. The fourth-order valence-electron chi connectivity index (χ4n) is 2.62. The number of aromatic amines is 1. The van der Waals surface area contributed by atoms with Crippen LogP contribution in [0.25, 0.3) is 11.4 Å². The Morgan fingerprint density at radius 3 is 2.67 bits per heavy atom. The van der Waals surface area contributed by atoms with E-state index in [1.807, 2.05) is 19.1 Å². The zero-order valence-electron chi connectivity index (χ0n) is 13.2. The number of aryl methyl sites for hydroxylation is 1. The van der Waals surface area contributed by atoms with Gasteiger partial charge in [-0.05, 0) is 43.5 Å². The molecule has 1 aliphatic heterocycles. The molecule has 1 aromatic carbocycles. The van der Waals surface area contributed by atoms with Gasteiger partial charge in [-0.3, -0.25) is 5.10 Å². The third-order valence-electron chi connectivity index (χ3n) is 3.88. The molecule has 1 aliphatic rings. The lowest BCUT2D eigenvalue weighted by Gasteiger charge is -2.11. The van der Waals surface area contributed by atoms with E-state index < -0.39 is 9.84 Å². The molecule has 0 aliphatic carbocycles. The smallest absolute Gasteiger partial charge is 0.319 e. The van der Waals surface area contributed by atoms with Crippen LogP contribution in [-0.2, 0) is 9.84 Å². The summed E-state index contributed by atoms with van der Waals surface area (Å²) in [5, 5.41) is 12.3. The van der Waals surface area contributed by atoms with Crippen molar-refractivity contribution < 1.29 is 13.2 Å². The Hall–Kier alpha value is -2.42. The summed E-state index contributed by atoms with van der Waals surface area (Å²) in [5.74, 6) is 1.70. The molecule has 0 spiro atoms. The summed E-state index contributed by atoms with van der Waals surface area (Å²) in [7, 11) is -2.92. The molecular weight excluding hydrogens is 330 g/mol. The molecule has 1 saturated heterocycles. The number of sulfone groups is 1. The number of amides is 2. The van der Waals surface area contributed by atoms with Crippen molar-refractivity contribution in [1.82, 2.24) is 20.5 Å². The molecular formula is C15H19N5O3S. The number of carbonyl (C=O) groups excluding carboxylic acids is 1. The second kappa shape index (κ2) is 6.60. The van der Waals surface area contributed by atoms with Gasteiger partial charge in [0.2, 0.25) is 0 Å². The topological polar surface area (TPSA) is 117 Å². The third kappa shape index (κ3) is 4.10. The first-order chi connectivity index (χ1) is 11.4. The Labute approximate surface area is 140 Å². The van der Waals surface area contributed by atoms with Crippen molar-refractivity contribution >= 4 is 21.6 Å².